The Hall–Kier alpha value is -1.80. The number of rotatable bonds is 3. The van der Waals surface area contributed by atoms with E-state index in [0.29, 0.717) is 5.92 Å². The lowest BCUT2D eigenvalue weighted by Crippen LogP contribution is -2.23. The van der Waals surface area contributed by atoms with Gasteiger partial charge in [-0.3, -0.25) is 0 Å². The molecule has 1 N–H and O–H groups in total. The minimum atomic E-state index is -0.280. The van der Waals surface area contributed by atoms with Crippen LogP contribution in [-0.2, 0) is 12.8 Å². The van der Waals surface area contributed by atoms with E-state index in [1.54, 1.807) is 0 Å². The van der Waals surface area contributed by atoms with Gasteiger partial charge in [-0.05, 0) is 53.6 Å². The van der Waals surface area contributed by atoms with Crippen molar-refractivity contribution in [2.24, 2.45) is 0 Å². The zero-order chi connectivity index (χ0) is 13.5. The van der Waals surface area contributed by atoms with Crippen LogP contribution in [0.25, 0.3) is 0 Å². The van der Waals surface area contributed by atoms with Crippen molar-refractivity contribution >= 4 is 0 Å². The highest BCUT2D eigenvalue weighted by Crippen LogP contribution is 2.36. The molecule has 2 nitrogen and oxygen atoms in total. The SMILES string of the molecule is O[C@@H]1CCc2cc(OCC3Cc4ccccc43)ccc21. The van der Waals surface area contributed by atoms with Crippen LogP contribution in [0, 0.1) is 0 Å². The first-order valence-electron chi connectivity index (χ1n) is 7.33. The van der Waals surface area contributed by atoms with E-state index in [1.807, 2.05) is 12.1 Å². The highest BCUT2D eigenvalue weighted by atomic mass is 16.5. The van der Waals surface area contributed by atoms with E-state index in [1.165, 1.54) is 16.7 Å². The fraction of sp³-hybridized carbons (Fsp3) is 0.333. The molecule has 0 fully saturated rings. The lowest BCUT2D eigenvalue weighted by molar-refractivity contribution is 0.180. The standard InChI is InChI=1S/C18H18O2/c19-18-8-5-13-10-15(6-7-17(13)18)20-11-14-9-12-3-1-2-4-16(12)14/h1-4,6-7,10,14,18-19H,5,8-9,11H2/t14?,18-/m1/s1. The molecule has 1 unspecified atom stereocenters. The number of aryl methyl sites for hydroxylation is 1. The summed E-state index contributed by atoms with van der Waals surface area (Å²) in [5.74, 6) is 1.47. The van der Waals surface area contributed by atoms with Crippen molar-refractivity contribution in [1.29, 1.82) is 0 Å². The molecule has 0 saturated heterocycles. The molecule has 2 heteroatoms. The third kappa shape index (κ3) is 1.92. The van der Waals surface area contributed by atoms with E-state index in [0.717, 1.165) is 37.2 Å². The van der Waals surface area contributed by atoms with Gasteiger partial charge in [0.1, 0.15) is 5.75 Å². The largest absolute Gasteiger partial charge is 0.493 e. The highest BCUT2D eigenvalue weighted by molar-refractivity contribution is 5.41. The molecule has 102 valence electrons. The summed E-state index contributed by atoms with van der Waals surface area (Å²) in [7, 11) is 0. The summed E-state index contributed by atoms with van der Waals surface area (Å²) in [5.41, 5.74) is 5.21. The fourth-order valence-electron chi connectivity index (χ4n) is 3.37. The number of ether oxygens (including phenoxy) is 1. The van der Waals surface area contributed by atoms with Gasteiger partial charge in [-0.25, -0.2) is 0 Å². The molecule has 0 radical (unpaired) electrons. The number of aliphatic hydroxyl groups excluding tert-OH is 1. The molecule has 0 heterocycles. The van der Waals surface area contributed by atoms with Gasteiger partial charge in [-0.15, -0.1) is 0 Å². The molecule has 2 atom stereocenters. The molecule has 0 aliphatic heterocycles. The van der Waals surface area contributed by atoms with Gasteiger partial charge in [0.2, 0.25) is 0 Å². The summed E-state index contributed by atoms with van der Waals surface area (Å²) in [5, 5.41) is 9.81. The van der Waals surface area contributed by atoms with Crippen LogP contribution in [0.1, 0.15) is 40.7 Å². The lowest BCUT2D eigenvalue weighted by Gasteiger charge is -2.29. The predicted octanol–water partition coefficient (Wildman–Crippen LogP) is 3.38. The van der Waals surface area contributed by atoms with Crippen LogP contribution in [-0.4, -0.2) is 11.7 Å². The topological polar surface area (TPSA) is 29.5 Å². The van der Waals surface area contributed by atoms with Crippen LogP contribution in [0.4, 0.5) is 0 Å². The average Bonchev–Trinajstić information content (AvgIpc) is 2.81. The van der Waals surface area contributed by atoms with E-state index >= 15 is 0 Å². The second-order valence-corrected chi connectivity index (χ2v) is 5.83. The normalized spacial score (nSPS) is 22.9. The quantitative estimate of drug-likeness (QED) is 0.922. The van der Waals surface area contributed by atoms with E-state index in [9.17, 15) is 5.11 Å². The van der Waals surface area contributed by atoms with Crippen LogP contribution >= 0.6 is 0 Å². The van der Waals surface area contributed by atoms with Crippen LogP contribution in [0.15, 0.2) is 42.5 Å². The Morgan fingerprint density at radius 3 is 2.85 bits per heavy atom. The third-order valence-corrected chi connectivity index (χ3v) is 4.57. The van der Waals surface area contributed by atoms with Crippen molar-refractivity contribution in [3.63, 3.8) is 0 Å². The first kappa shape index (κ1) is 12.0. The Morgan fingerprint density at radius 1 is 1.05 bits per heavy atom. The second-order valence-electron chi connectivity index (χ2n) is 5.83. The smallest absolute Gasteiger partial charge is 0.119 e. The summed E-state index contributed by atoms with van der Waals surface area (Å²) in [6.07, 6.45) is 2.65. The number of hydrogen-bond donors (Lipinski definition) is 1. The minimum Gasteiger partial charge on any atom is -0.493 e. The van der Waals surface area contributed by atoms with Crippen LogP contribution in [0.3, 0.4) is 0 Å². The first-order valence-corrected chi connectivity index (χ1v) is 7.33. The Kier molecular flexibility index (Phi) is 2.78. The summed E-state index contributed by atoms with van der Waals surface area (Å²) < 4.78 is 5.95. The van der Waals surface area contributed by atoms with Crippen molar-refractivity contribution in [2.45, 2.75) is 31.3 Å². The molecule has 0 amide bonds. The van der Waals surface area contributed by atoms with E-state index < -0.39 is 0 Å². The fourth-order valence-corrected chi connectivity index (χ4v) is 3.37. The van der Waals surface area contributed by atoms with Crippen LogP contribution in [0.5, 0.6) is 5.75 Å². The van der Waals surface area contributed by atoms with Gasteiger partial charge in [0.05, 0.1) is 12.7 Å². The van der Waals surface area contributed by atoms with E-state index in [-0.39, 0.29) is 6.10 Å². The van der Waals surface area contributed by atoms with E-state index in [2.05, 4.69) is 30.3 Å². The maximum absolute atomic E-state index is 9.81. The molecular formula is C18H18O2. The van der Waals surface area contributed by atoms with Gasteiger partial charge in [0.15, 0.2) is 0 Å². The number of hydrogen-bond acceptors (Lipinski definition) is 2. The molecular weight excluding hydrogens is 248 g/mol. The summed E-state index contributed by atoms with van der Waals surface area (Å²) in [6.45, 7) is 0.748. The van der Waals surface area contributed by atoms with Crippen molar-refractivity contribution < 1.29 is 9.84 Å². The Labute approximate surface area is 119 Å². The Balaban J connectivity index is 1.44. The predicted molar refractivity (Wildman–Crippen MR) is 78.1 cm³/mol. The van der Waals surface area contributed by atoms with Gasteiger partial charge in [-0.1, -0.05) is 30.3 Å². The maximum Gasteiger partial charge on any atom is 0.119 e. The first-order chi connectivity index (χ1) is 9.81. The number of fused-ring (bicyclic) bond motifs is 2. The van der Waals surface area contributed by atoms with Crippen molar-refractivity contribution in [3.05, 3.63) is 64.7 Å². The summed E-state index contributed by atoms with van der Waals surface area (Å²) in [4.78, 5) is 0. The summed E-state index contributed by atoms with van der Waals surface area (Å²) in [6, 6.07) is 14.7. The molecule has 20 heavy (non-hydrogen) atoms. The molecule has 4 rings (SSSR count). The van der Waals surface area contributed by atoms with Gasteiger partial charge in [-0.2, -0.15) is 0 Å². The highest BCUT2D eigenvalue weighted by Gasteiger charge is 2.26. The van der Waals surface area contributed by atoms with Crippen molar-refractivity contribution in [2.75, 3.05) is 6.61 Å². The van der Waals surface area contributed by atoms with Crippen LogP contribution in [0.2, 0.25) is 0 Å². The Morgan fingerprint density at radius 2 is 1.95 bits per heavy atom. The third-order valence-electron chi connectivity index (χ3n) is 4.57. The molecule has 0 aromatic heterocycles. The number of aliphatic hydroxyl groups is 1. The summed E-state index contributed by atoms with van der Waals surface area (Å²) >= 11 is 0. The van der Waals surface area contributed by atoms with Crippen molar-refractivity contribution in [1.82, 2.24) is 0 Å². The van der Waals surface area contributed by atoms with E-state index in [4.69, 9.17) is 4.74 Å². The van der Waals surface area contributed by atoms with Gasteiger partial charge in [0.25, 0.3) is 0 Å². The molecule has 2 aliphatic rings. The zero-order valence-corrected chi connectivity index (χ0v) is 11.4. The molecule has 2 aliphatic carbocycles. The maximum atomic E-state index is 9.81. The average molecular weight is 266 g/mol. The zero-order valence-electron chi connectivity index (χ0n) is 11.4. The Bertz CT molecular complexity index is 648. The molecule has 2 aromatic rings. The lowest BCUT2D eigenvalue weighted by atomic mass is 9.78. The minimum absolute atomic E-state index is 0.280. The van der Waals surface area contributed by atoms with Gasteiger partial charge in [0, 0.05) is 5.92 Å². The molecule has 0 saturated carbocycles. The monoisotopic (exact) mass is 266 g/mol. The second kappa shape index (κ2) is 4.64. The van der Waals surface area contributed by atoms with Gasteiger partial charge >= 0.3 is 0 Å². The number of benzene rings is 2. The van der Waals surface area contributed by atoms with Crippen molar-refractivity contribution in [3.8, 4) is 5.75 Å². The van der Waals surface area contributed by atoms with Gasteiger partial charge < -0.3 is 9.84 Å². The molecule has 0 spiro atoms. The van der Waals surface area contributed by atoms with Crippen LogP contribution < -0.4 is 4.74 Å². The molecule has 0 bridgehead atoms. The molecule has 2 aromatic carbocycles.